The number of benzene rings is 3. The summed E-state index contributed by atoms with van der Waals surface area (Å²) < 4.78 is 5.78. The standard InChI is InChI=1S/C20H12Cl2N2O4/c21-11-4-5-15(14(22)6-11)24-23-9-10-2-1-3-13-19(27)18-16(26)7-12(25)8-17(18)28-20(10)13/h1-9,24-26H/b23-9-. The molecule has 0 aliphatic heterocycles. The molecule has 0 saturated heterocycles. The van der Waals surface area contributed by atoms with E-state index < -0.39 is 5.43 Å². The Balaban J connectivity index is 1.80. The van der Waals surface area contributed by atoms with Crippen molar-refractivity contribution in [3.63, 3.8) is 0 Å². The third-order valence-electron chi connectivity index (χ3n) is 4.12. The first kappa shape index (κ1) is 18.2. The number of phenolic OH excluding ortho intramolecular Hbond substituents is 2. The maximum absolute atomic E-state index is 12.8. The van der Waals surface area contributed by atoms with Gasteiger partial charge in [0.2, 0.25) is 5.43 Å². The summed E-state index contributed by atoms with van der Waals surface area (Å²) in [5, 5.41) is 25.0. The molecular formula is C20H12Cl2N2O4. The zero-order valence-electron chi connectivity index (χ0n) is 14.1. The van der Waals surface area contributed by atoms with Crippen LogP contribution in [0.25, 0.3) is 21.9 Å². The number of anilines is 1. The van der Waals surface area contributed by atoms with Crippen LogP contribution >= 0.6 is 23.2 Å². The van der Waals surface area contributed by atoms with E-state index in [1.165, 1.54) is 12.3 Å². The van der Waals surface area contributed by atoms with E-state index in [-0.39, 0.29) is 33.4 Å². The molecule has 0 aliphatic rings. The molecule has 1 aromatic heterocycles. The van der Waals surface area contributed by atoms with Crippen molar-refractivity contribution in [3.8, 4) is 11.5 Å². The average molecular weight is 415 g/mol. The normalized spacial score (nSPS) is 11.5. The summed E-state index contributed by atoms with van der Waals surface area (Å²) in [5.41, 5.74) is 3.83. The summed E-state index contributed by atoms with van der Waals surface area (Å²) in [6.45, 7) is 0. The Labute approximate surface area is 168 Å². The van der Waals surface area contributed by atoms with Gasteiger partial charge in [0, 0.05) is 22.7 Å². The molecule has 6 nitrogen and oxygen atoms in total. The van der Waals surface area contributed by atoms with Crippen molar-refractivity contribution < 1.29 is 14.6 Å². The van der Waals surface area contributed by atoms with Gasteiger partial charge < -0.3 is 14.6 Å². The summed E-state index contributed by atoms with van der Waals surface area (Å²) in [4.78, 5) is 12.8. The topological polar surface area (TPSA) is 95.1 Å². The number of fused-ring (bicyclic) bond motifs is 2. The molecule has 1 heterocycles. The predicted octanol–water partition coefficient (Wildman–Crippen LogP) is 5.11. The van der Waals surface area contributed by atoms with Crippen molar-refractivity contribution in [2.75, 3.05) is 5.43 Å². The highest BCUT2D eigenvalue weighted by molar-refractivity contribution is 6.36. The number of para-hydroxylation sites is 1. The number of halogens is 2. The number of hydrogen-bond donors (Lipinski definition) is 3. The minimum atomic E-state index is -0.405. The number of nitrogens with one attached hydrogen (secondary N) is 1. The fraction of sp³-hybridized carbons (Fsp3) is 0. The number of rotatable bonds is 3. The van der Waals surface area contributed by atoms with Crippen LogP contribution in [0.15, 0.2) is 62.8 Å². The first-order chi connectivity index (χ1) is 13.4. The Bertz CT molecular complexity index is 1320. The van der Waals surface area contributed by atoms with Crippen molar-refractivity contribution in [3.05, 3.63) is 74.4 Å². The molecule has 3 aromatic carbocycles. The lowest BCUT2D eigenvalue weighted by Crippen LogP contribution is -2.04. The second-order valence-corrected chi connectivity index (χ2v) is 6.83. The molecule has 4 rings (SSSR count). The van der Waals surface area contributed by atoms with E-state index in [4.69, 9.17) is 27.6 Å². The molecule has 0 spiro atoms. The molecule has 3 N–H and O–H groups in total. The maximum Gasteiger partial charge on any atom is 0.204 e. The van der Waals surface area contributed by atoms with Crippen LogP contribution in [-0.2, 0) is 0 Å². The molecule has 0 atom stereocenters. The van der Waals surface area contributed by atoms with Crippen LogP contribution in [0.5, 0.6) is 11.5 Å². The summed E-state index contributed by atoms with van der Waals surface area (Å²) in [7, 11) is 0. The van der Waals surface area contributed by atoms with Crippen molar-refractivity contribution >= 4 is 57.0 Å². The van der Waals surface area contributed by atoms with Gasteiger partial charge in [0.1, 0.15) is 28.1 Å². The largest absolute Gasteiger partial charge is 0.508 e. The smallest absolute Gasteiger partial charge is 0.204 e. The highest BCUT2D eigenvalue weighted by atomic mass is 35.5. The number of aromatic hydroxyl groups is 2. The van der Waals surface area contributed by atoms with E-state index >= 15 is 0 Å². The molecule has 0 fully saturated rings. The van der Waals surface area contributed by atoms with Gasteiger partial charge in [0.25, 0.3) is 0 Å². The first-order valence-electron chi connectivity index (χ1n) is 8.09. The molecule has 0 bridgehead atoms. The molecule has 0 amide bonds. The Morgan fingerprint density at radius 3 is 2.68 bits per heavy atom. The molecule has 140 valence electrons. The van der Waals surface area contributed by atoms with Crippen LogP contribution in [0.1, 0.15) is 5.56 Å². The minimum absolute atomic E-state index is 0.00506. The SMILES string of the molecule is O=c1c2cccc(/C=N\Nc3ccc(Cl)cc3Cl)c2oc2cc(O)cc(O)c12. The van der Waals surface area contributed by atoms with Gasteiger partial charge in [-0.2, -0.15) is 5.10 Å². The molecule has 8 heteroatoms. The third kappa shape index (κ3) is 3.24. The van der Waals surface area contributed by atoms with Gasteiger partial charge in [-0.1, -0.05) is 29.3 Å². The molecule has 0 aliphatic carbocycles. The van der Waals surface area contributed by atoms with E-state index in [0.29, 0.717) is 21.3 Å². The van der Waals surface area contributed by atoms with Crippen molar-refractivity contribution in [1.82, 2.24) is 0 Å². The Morgan fingerprint density at radius 2 is 1.89 bits per heavy atom. The number of hydrogen-bond acceptors (Lipinski definition) is 6. The summed E-state index contributed by atoms with van der Waals surface area (Å²) >= 11 is 12.0. The fourth-order valence-electron chi connectivity index (χ4n) is 2.84. The van der Waals surface area contributed by atoms with Crippen LogP contribution < -0.4 is 10.9 Å². The van der Waals surface area contributed by atoms with Gasteiger partial charge in [-0.05, 0) is 30.3 Å². The van der Waals surface area contributed by atoms with Gasteiger partial charge in [-0.3, -0.25) is 10.2 Å². The van der Waals surface area contributed by atoms with Crippen molar-refractivity contribution in [1.29, 1.82) is 0 Å². The van der Waals surface area contributed by atoms with Crippen LogP contribution in [0.3, 0.4) is 0 Å². The van der Waals surface area contributed by atoms with E-state index in [1.54, 1.807) is 36.4 Å². The average Bonchev–Trinajstić information content (AvgIpc) is 2.63. The van der Waals surface area contributed by atoms with E-state index in [2.05, 4.69) is 10.5 Å². The highest BCUT2D eigenvalue weighted by Gasteiger charge is 2.14. The lowest BCUT2D eigenvalue weighted by Gasteiger charge is -2.06. The molecule has 0 unspecified atom stereocenters. The zero-order chi connectivity index (χ0) is 19.8. The highest BCUT2D eigenvalue weighted by Crippen LogP contribution is 2.30. The van der Waals surface area contributed by atoms with E-state index in [1.807, 2.05) is 0 Å². The molecule has 0 radical (unpaired) electrons. The molecule has 28 heavy (non-hydrogen) atoms. The fourth-order valence-corrected chi connectivity index (χ4v) is 3.29. The quantitative estimate of drug-likeness (QED) is 0.246. The van der Waals surface area contributed by atoms with Crippen LogP contribution in [-0.4, -0.2) is 16.4 Å². The van der Waals surface area contributed by atoms with E-state index in [9.17, 15) is 15.0 Å². The minimum Gasteiger partial charge on any atom is -0.508 e. The Hall–Kier alpha value is -3.22. The van der Waals surface area contributed by atoms with Gasteiger partial charge in [0.15, 0.2) is 0 Å². The number of phenols is 2. The predicted molar refractivity (Wildman–Crippen MR) is 111 cm³/mol. The molecular weight excluding hydrogens is 403 g/mol. The van der Waals surface area contributed by atoms with Gasteiger partial charge in [-0.15, -0.1) is 0 Å². The Kier molecular flexibility index (Phi) is 4.58. The maximum atomic E-state index is 12.8. The monoisotopic (exact) mass is 414 g/mol. The van der Waals surface area contributed by atoms with Crippen LogP contribution in [0.4, 0.5) is 5.69 Å². The third-order valence-corrected chi connectivity index (χ3v) is 4.66. The summed E-state index contributed by atoms with van der Waals surface area (Å²) in [6.07, 6.45) is 1.48. The van der Waals surface area contributed by atoms with Gasteiger partial charge >= 0.3 is 0 Å². The lowest BCUT2D eigenvalue weighted by atomic mass is 10.1. The van der Waals surface area contributed by atoms with E-state index in [0.717, 1.165) is 6.07 Å². The second-order valence-electron chi connectivity index (χ2n) is 5.99. The van der Waals surface area contributed by atoms with Crippen LogP contribution in [0.2, 0.25) is 10.0 Å². The molecule has 0 saturated carbocycles. The summed E-state index contributed by atoms with van der Waals surface area (Å²) in [5.74, 6) is -0.554. The van der Waals surface area contributed by atoms with Crippen LogP contribution in [0, 0.1) is 0 Å². The first-order valence-corrected chi connectivity index (χ1v) is 8.85. The zero-order valence-corrected chi connectivity index (χ0v) is 15.6. The number of nitrogens with zero attached hydrogens (tertiary/aromatic N) is 1. The van der Waals surface area contributed by atoms with Crippen molar-refractivity contribution in [2.24, 2.45) is 5.10 Å². The number of hydrazone groups is 1. The second kappa shape index (κ2) is 7.07. The van der Waals surface area contributed by atoms with Gasteiger partial charge in [-0.25, -0.2) is 0 Å². The van der Waals surface area contributed by atoms with Crippen molar-refractivity contribution in [2.45, 2.75) is 0 Å². The molecule has 4 aromatic rings. The summed E-state index contributed by atoms with van der Waals surface area (Å²) in [6, 6.07) is 12.3. The lowest BCUT2D eigenvalue weighted by molar-refractivity contribution is 0.453. The Morgan fingerprint density at radius 1 is 1.07 bits per heavy atom. The van der Waals surface area contributed by atoms with Gasteiger partial charge in [0.05, 0.1) is 22.3 Å².